The van der Waals surface area contributed by atoms with Crippen LogP contribution in [0.15, 0.2) is 43.0 Å². The largest absolute Gasteiger partial charge is 0.330 e. The van der Waals surface area contributed by atoms with Crippen LogP contribution in [0, 0.1) is 0 Å². The van der Waals surface area contributed by atoms with Crippen LogP contribution in [0.5, 0.6) is 0 Å². The maximum absolute atomic E-state index is 5.73. The van der Waals surface area contributed by atoms with Gasteiger partial charge in [-0.25, -0.2) is 0 Å². The zero-order valence-corrected chi connectivity index (χ0v) is 15.8. The van der Waals surface area contributed by atoms with Gasteiger partial charge in [0, 0.05) is 21.3 Å². The van der Waals surface area contributed by atoms with Crippen molar-refractivity contribution in [3.8, 4) is 0 Å². The van der Waals surface area contributed by atoms with Crippen LogP contribution in [-0.4, -0.2) is 27.3 Å². The zero-order chi connectivity index (χ0) is 17.9. The first-order valence-corrected chi connectivity index (χ1v) is 9.01. The van der Waals surface area contributed by atoms with Crippen LogP contribution >= 0.6 is 0 Å². The second kappa shape index (κ2) is 10.7. The molecule has 0 radical (unpaired) electrons. The zero-order valence-electron chi connectivity index (χ0n) is 15.8. The third kappa shape index (κ3) is 4.47. The Morgan fingerprint density at radius 1 is 0.875 bits per heavy atom. The van der Waals surface area contributed by atoms with Crippen molar-refractivity contribution in [1.82, 2.24) is 0 Å². The van der Waals surface area contributed by atoms with E-state index >= 15 is 0 Å². The van der Waals surface area contributed by atoms with Crippen LogP contribution in [-0.2, 0) is 19.6 Å². The minimum Gasteiger partial charge on any atom is -0.330 e. The Kier molecular flexibility index (Phi) is 9.27. The van der Waals surface area contributed by atoms with Crippen molar-refractivity contribution in [1.29, 1.82) is 0 Å². The van der Waals surface area contributed by atoms with E-state index in [2.05, 4.69) is 25.6 Å². The van der Waals surface area contributed by atoms with Crippen LogP contribution in [0.1, 0.15) is 57.4 Å². The molecule has 1 aromatic rings. The molecular formula is C21H34O3. The molecule has 0 saturated heterocycles. The van der Waals surface area contributed by atoms with E-state index in [0.29, 0.717) is 0 Å². The molecule has 0 heterocycles. The Morgan fingerprint density at radius 2 is 1.42 bits per heavy atom. The second-order valence-corrected chi connectivity index (χ2v) is 6.23. The highest BCUT2D eigenvalue weighted by atomic mass is 16.9. The summed E-state index contributed by atoms with van der Waals surface area (Å²) >= 11 is 0. The molecule has 0 fully saturated rings. The molecule has 3 nitrogen and oxygen atoms in total. The van der Waals surface area contributed by atoms with E-state index in [1.54, 1.807) is 21.3 Å². The minimum atomic E-state index is -1.18. The van der Waals surface area contributed by atoms with Crippen molar-refractivity contribution in [2.75, 3.05) is 21.3 Å². The van der Waals surface area contributed by atoms with Gasteiger partial charge < -0.3 is 14.2 Å². The Hall–Kier alpha value is -1.16. The highest BCUT2D eigenvalue weighted by Gasteiger charge is 2.52. The van der Waals surface area contributed by atoms with Gasteiger partial charge in [-0.2, -0.15) is 0 Å². The number of hydrogen-bond acceptors (Lipinski definition) is 3. The highest BCUT2D eigenvalue weighted by molar-refractivity contribution is 5.33. The molecule has 1 unspecified atom stereocenters. The van der Waals surface area contributed by atoms with E-state index in [1.807, 2.05) is 24.3 Å². The van der Waals surface area contributed by atoms with Crippen molar-refractivity contribution >= 4 is 0 Å². The van der Waals surface area contributed by atoms with Gasteiger partial charge in [0.2, 0.25) is 0 Å². The molecule has 0 saturated carbocycles. The lowest BCUT2D eigenvalue weighted by atomic mass is 9.73. The molecule has 0 aliphatic rings. The van der Waals surface area contributed by atoms with Crippen molar-refractivity contribution in [2.24, 2.45) is 0 Å². The Labute approximate surface area is 148 Å². The normalized spacial score (nSPS) is 14.3. The molecule has 1 aromatic carbocycles. The summed E-state index contributed by atoms with van der Waals surface area (Å²) in [5.74, 6) is -1.18. The fourth-order valence-corrected chi connectivity index (χ4v) is 3.54. The quantitative estimate of drug-likeness (QED) is 0.272. The number of rotatable bonds is 13. The van der Waals surface area contributed by atoms with E-state index in [4.69, 9.17) is 14.2 Å². The standard InChI is InChI=1S/C21H34O3/c1-6-8-9-10-11-15-18-20(7-2,19-16-13-12-14-17-19)21(22-3,23-4)24-5/h7,12-14,16-17H,2,6,8-11,15,18H2,1,3-5H3. The van der Waals surface area contributed by atoms with Crippen molar-refractivity contribution in [2.45, 2.75) is 63.3 Å². The van der Waals surface area contributed by atoms with Crippen LogP contribution < -0.4 is 0 Å². The Morgan fingerprint density at radius 3 is 1.92 bits per heavy atom. The van der Waals surface area contributed by atoms with Gasteiger partial charge in [0.15, 0.2) is 0 Å². The van der Waals surface area contributed by atoms with Crippen LogP contribution in [0.3, 0.4) is 0 Å². The minimum absolute atomic E-state index is 0.558. The van der Waals surface area contributed by atoms with Gasteiger partial charge >= 0.3 is 0 Å². The molecule has 0 aromatic heterocycles. The fraction of sp³-hybridized carbons (Fsp3) is 0.619. The lowest BCUT2D eigenvalue weighted by molar-refractivity contribution is -0.380. The van der Waals surface area contributed by atoms with Crippen molar-refractivity contribution in [3.63, 3.8) is 0 Å². The lowest BCUT2D eigenvalue weighted by Crippen LogP contribution is -2.55. The molecule has 0 bridgehead atoms. The highest BCUT2D eigenvalue weighted by Crippen LogP contribution is 2.44. The summed E-state index contributed by atoms with van der Waals surface area (Å²) in [6.45, 7) is 6.35. The summed E-state index contributed by atoms with van der Waals surface area (Å²) in [6, 6.07) is 10.2. The molecule has 0 spiro atoms. The molecule has 0 N–H and O–H groups in total. The fourth-order valence-electron chi connectivity index (χ4n) is 3.54. The first-order chi connectivity index (χ1) is 11.7. The van der Waals surface area contributed by atoms with Crippen LogP contribution in [0.25, 0.3) is 0 Å². The number of benzene rings is 1. The molecule has 1 rings (SSSR count). The lowest BCUT2D eigenvalue weighted by Gasteiger charge is -2.45. The van der Waals surface area contributed by atoms with E-state index in [1.165, 1.54) is 32.1 Å². The van der Waals surface area contributed by atoms with Crippen LogP contribution in [0.4, 0.5) is 0 Å². The summed E-state index contributed by atoms with van der Waals surface area (Å²) < 4.78 is 17.2. The molecule has 0 amide bonds. The molecule has 1 atom stereocenters. The SMILES string of the molecule is C=CC(CCCCCCCC)(c1ccccc1)C(OC)(OC)OC. The maximum atomic E-state index is 5.73. The Balaban J connectivity index is 3.04. The molecule has 0 aliphatic heterocycles. The maximum Gasteiger partial charge on any atom is 0.296 e. The molecule has 3 heteroatoms. The number of methoxy groups -OCH3 is 3. The summed E-state index contributed by atoms with van der Waals surface area (Å²) in [7, 11) is 4.86. The first-order valence-electron chi connectivity index (χ1n) is 9.01. The number of unbranched alkanes of at least 4 members (excludes halogenated alkanes) is 5. The summed E-state index contributed by atoms with van der Waals surface area (Å²) in [5.41, 5.74) is 0.538. The smallest absolute Gasteiger partial charge is 0.296 e. The summed E-state index contributed by atoms with van der Waals surface area (Å²) in [4.78, 5) is 0. The number of ether oxygens (including phenoxy) is 3. The molecule has 24 heavy (non-hydrogen) atoms. The monoisotopic (exact) mass is 334 g/mol. The third-order valence-corrected chi connectivity index (χ3v) is 4.91. The van der Waals surface area contributed by atoms with Crippen molar-refractivity contribution in [3.05, 3.63) is 48.6 Å². The van der Waals surface area contributed by atoms with Crippen molar-refractivity contribution < 1.29 is 14.2 Å². The van der Waals surface area contributed by atoms with Gasteiger partial charge in [-0.15, -0.1) is 6.58 Å². The van der Waals surface area contributed by atoms with Gasteiger partial charge in [-0.3, -0.25) is 0 Å². The van der Waals surface area contributed by atoms with E-state index in [-0.39, 0.29) is 0 Å². The number of hydrogen-bond donors (Lipinski definition) is 0. The van der Waals surface area contributed by atoms with Gasteiger partial charge in [-0.1, -0.05) is 81.9 Å². The summed E-state index contributed by atoms with van der Waals surface area (Å²) in [6.07, 6.45) is 10.2. The van der Waals surface area contributed by atoms with E-state index in [0.717, 1.165) is 18.4 Å². The summed E-state index contributed by atoms with van der Waals surface area (Å²) in [5, 5.41) is 0. The third-order valence-electron chi connectivity index (χ3n) is 4.91. The molecular weight excluding hydrogens is 300 g/mol. The molecule has 0 aliphatic carbocycles. The van der Waals surface area contributed by atoms with Crippen LogP contribution in [0.2, 0.25) is 0 Å². The predicted octanol–water partition coefficient (Wildman–Crippen LogP) is 5.45. The van der Waals surface area contributed by atoms with Gasteiger partial charge in [0.05, 0.1) is 5.41 Å². The van der Waals surface area contributed by atoms with Gasteiger partial charge in [0.1, 0.15) is 0 Å². The first kappa shape index (κ1) is 20.9. The topological polar surface area (TPSA) is 27.7 Å². The Bertz CT molecular complexity index is 445. The van der Waals surface area contributed by atoms with Gasteiger partial charge in [-0.05, 0) is 12.0 Å². The van der Waals surface area contributed by atoms with Gasteiger partial charge in [0.25, 0.3) is 5.97 Å². The predicted molar refractivity (Wildman–Crippen MR) is 100 cm³/mol. The van der Waals surface area contributed by atoms with E-state index in [9.17, 15) is 0 Å². The second-order valence-electron chi connectivity index (χ2n) is 6.23. The molecule has 136 valence electrons. The average molecular weight is 335 g/mol. The van der Waals surface area contributed by atoms with E-state index < -0.39 is 11.4 Å². The average Bonchev–Trinajstić information content (AvgIpc) is 2.65.